The molecule has 1 aromatic carbocycles. The lowest BCUT2D eigenvalue weighted by molar-refractivity contribution is 0.696. The zero-order chi connectivity index (χ0) is 10.4. The van der Waals surface area contributed by atoms with Crippen molar-refractivity contribution in [3.63, 3.8) is 0 Å². The van der Waals surface area contributed by atoms with Gasteiger partial charge in [0.1, 0.15) is 0 Å². The maximum atomic E-state index is 3.24. The molecule has 0 bridgehead atoms. The fourth-order valence-electron chi connectivity index (χ4n) is 1.34. The Morgan fingerprint density at radius 2 is 2.00 bits per heavy atom. The van der Waals surface area contributed by atoms with E-state index in [0.717, 1.165) is 0 Å². The van der Waals surface area contributed by atoms with Crippen LogP contribution in [-0.4, -0.2) is 7.05 Å². The maximum Gasteiger partial charge on any atom is 0.0373 e. The monoisotopic (exact) mass is 189 g/mol. The predicted octanol–water partition coefficient (Wildman–Crippen LogP) is 3.29. The lowest BCUT2D eigenvalue weighted by Gasteiger charge is -2.09. The quantitative estimate of drug-likeness (QED) is 0.766. The molecule has 0 saturated heterocycles. The average Bonchev–Trinajstić information content (AvgIpc) is 2.26. The van der Waals surface area contributed by atoms with Crippen molar-refractivity contribution >= 4 is 5.70 Å². The lowest BCUT2D eigenvalue weighted by Crippen LogP contribution is -2.06. The standard InChI is InChI=1S/C13H19N/c1-4-11(2)10-13(14-3)12-8-6-5-7-9-12/h5-11,14H,4H2,1-3H3/b13-10-. The van der Waals surface area contributed by atoms with E-state index in [0.29, 0.717) is 5.92 Å². The van der Waals surface area contributed by atoms with Crippen molar-refractivity contribution in [3.05, 3.63) is 42.0 Å². The molecule has 0 radical (unpaired) electrons. The highest BCUT2D eigenvalue weighted by molar-refractivity contribution is 5.63. The van der Waals surface area contributed by atoms with Crippen LogP contribution in [0.2, 0.25) is 0 Å². The Balaban J connectivity index is 2.87. The second-order valence-electron chi connectivity index (χ2n) is 3.58. The fraction of sp³-hybridized carbons (Fsp3) is 0.385. The van der Waals surface area contributed by atoms with Crippen LogP contribution in [0, 0.1) is 5.92 Å². The second-order valence-corrected chi connectivity index (χ2v) is 3.58. The number of benzene rings is 1. The highest BCUT2D eigenvalue weighted by atomic mass is 14.8. The Hall–Kier alpha value is -1.24. The van der Waals surface area contributed by atoms with Crippen molar-refractivity contribution in [1.29, 1.82) is 0 Å². The Morgan fingerprint density at radius 1 is 1.36 bits per heavy atom. The first-order valence-corrected chi connectivity index (χ1v) is 5.23. The van der Waals surface area contributed by atoms with Gasteiger partial charge in [-0.25, -0.2) is 0 Å². The summed E-state index contributed by atoms with van der Waals surface area (Å²) in [6, 6.07) is 10.4. The van der Waals surface area contributed by atoms with Crippen molar-refractivity contribution in [2.75, 3.05) is 7.05 Å². The Morgan fingerprint density at radius 3 is 2.50 bits per heavy atom. The molecule has 0 spiro atoms. The van der Waals surface area contributed by atoms with Crippen LogP contribution in [0.1, 0.15) is 25.8 Å². The molecule has 0 fully saturated rings. The molecule has 0 saturated carbocycles. The van der Waals surface area contributed by atoms with Crippen LogP contribution in [0.3, 0.4) is 0 Å². The zero-order valence-electron chi connectivity index (χ0n) is 9.25. The Labute approximate surface area is 86.8 Å². The SMILES string of the molecule is CCC(C)/C=C(\NC)c1ccccc1. The summed E-state index contributed by atoms with van der Waals surface area (Å²) in [5.41, 5.74) is 2.48. The minimum atomic E-state index is 0.623. The smallest absolute Gasteiger partial charge is 0.0373 e. The minimum absolute atomic E-state index is 0.623. The van der Waals surface area contributed by atoms with Crippen molar-refractivity contribution < 1.29 is 0 Å². The Kier molecular flexibility index (Phi) is 4.24. The molecule has 1 N–H and O–H groups in total. The van der Waals surface area contributed by atoms with Crippen molar-refractivity contribution in [1.82, 2.24) is 5.32 Å². The molecule has 1 rings (SSSR count). The van der Waals surface area contributed by atoms with Gasteiger partial charge in [0.25, 0.3) is 0 Å². The molecular weight excluding hydrogens is 170 g/mol. The summed E-state index contributed by atoms with van der Waals surface area (Å²) >= 11 is 0. The van der Waals surface area contributed by atoms with E-state index in [1.54, 1.807) is 0 Å². The van der Waals surface area contributed by atoms with E-state index in [9.17, 15) is 0 Å². The van der Waals surface area contributed by atoms with Crippen LogP contribution in [0.25, 0.3) is 5.70 Å². The molecular formula is C13H19N. The number of nitrogens with one attached hydrogen (secondary N) is 1. The van der Waals surface area contributed by atoms with Gasteiger partial charge in [-0.1, -0.05) is 56.7 Å². The molecule has 1 nitrogen and oxygen atoms in total. The molecule has 14 heavy (non-hydrogen) atoms. The minimum Gasteiger partial charge on any atom is -0.388 e. The van der Waals surface area contributed by atoms with Crippen LogP contribution < -0.4 is 5.32 Å². The van der Waals surface area contributed by atoms with E-state index in [4.69, 9.17) is 0 Å². The van der Waals surface area contributed by atoms with Crippen LogP contribution >= 0.6 is 0 Å². The van der Waals surface area contributed by atoms with E-state index < -0.39 is 0 Å². The first-order chi connectivity index (χ1) is 6.77. The van der Waals surface area contributed by atoms with Gasteiger partial charge < -0.3 is 5.32 Å². The van der Waals surface area contributed by atoms with Crippen molar-refractivity contribution in [3.8, 4) is 0 Å². The van der Waals surface area contributed by atoms with Crippen molar-refractivity contribution in [2.24, 2.45) is 5.92 Å². The number of hydrogen-bond donors (Lipinski definition) is 1. The third kappa shape index (κ3) is 2.91. The topological polar surface area (TPSA) is 12.0 Å². The van der Waals surface area contributed by atoms with E-state index >= 15 is 0 Å². The molecule has 1 atom stereocenters. The predicted molar refractivity (Wildman–Crippen MR) is 62.9 cm³/mol. The van der Waals surface area contributed by atoms with E-state index in [-0.39, 0.29) is 0 Å². The molecule has 0 aromatic heterocycles. The van der Waals surface area contributed by atoms with Gasteiger partial charge in [-0.05, 0) is 11.5 Å². The summed E-state index contributed by atoms with van der Waals surface area (Å²) in [6.07, 6.45) is 3.47. The first kappa shape index (κ1) is 10.8. The molecule has 0 aliphatic rings. The van der Waals surface area contributed by atoms with E-state index in [1.807, 2.05) is 13.1 Å². The van der Waals surface area contributed by atoms with Crippen LogP contribution in [0.15, 0.2) is 36.4 Å². The number of allylic oxidation sites excluding steroid dienone is 1. The van der Waals surface area contributed by atoms with Gasteiger partial charge in [0.05, 0.1) is 0 Å². The molecule has 76 valence electrons. The zero-order valence-corrected chi connectivity index (χ0v) is 9.25. The number of rotatable bonds is 4. The average molecular weight is 189 g/mol. The molecule has 1 unspecified atom stereocenters. The summed E-state index contributed by atoms with van der Waals surface area (Å²) in [6.45, 7) is 4.44. The van der Waals surface area contributed by atoms with Gasteiger partial charge in [-0.3, -0.25) is 0 Å². The molecule has 0 aliphatic carbocycles. The summed E-state index contributed by atoms with van der Waals surface area (Å²) in [5.74, 6) is 0.623. The molecule has 0 heterocycles. The van der Waals surface area contributed by atoms with Gasteiger partial charge in [0.2, 0.25) is 0 Å². The number of hydrogen-bond acceptors (Lipinski definition) is 1. The summed E-state index contributed by atoms with van der Waals surface area (Å²) < 4.78 is 0. The van der Waals surface area contributed by atoms with Crippen LogP contribution in [0.5, 0.6) is 0 Å². The Bertz CT molecular complexity index is 287. The molecule has 1 aromatic rings. The first-order valence-electron chi connectivity index (χ1n) is 5.23. The maximum absolute atomic E-state index is 3.24. The third-order valence-electron chi connectivity index (χ3n) is 2.45. The second kappa shape index (κ2) is 5.48. The fourth-order valence-corrected chi connectivity index (χ4v) is 1.34. The highest BCUT2D eigenvalue weighted by Crippen LogP contribution is 2.14. The van der Waals surface area contributed by atoms with E-state index in [2.05, 4.69) is 49.5 Å². The van der Waals surface area contributed by atoms with Crippen LogP contribution in [0.4, 0.5) is 0 Å². The summed E-state index contributed by atoms with van der Waals surface area (Å²) in [4.78, 5) is 0. The van der Waals surface area contributed by atoms with Gasteiger partial charge >= 0.3 is 0 Å². The normalized spacial score (nSPS) is 13.8. The van der Waals surface area contributed by atoms with Crippen molar-refractivity contribution in [2.45, 2.75) is 20.3 Å². The molecule has 1 heteroatoms. The molecule has 0 aliphatic heterocycles. The van der Waals surface area contributed by atoms with Gasteiger partial charge in [-0.15, -0.1) is 0 Å². The van der Waals surface area contributed by atoms with Gasteiger partial charge in [-0.2, -0.15) is 0 Å². The highest BCUT2D eigenvalue weighted by Gasteiger charge is 2.00. The third-order valence-corrected chi connectivity index (χ3v) is 2.45. The summed E-state index contributed by atoms with van der Waals surface area (Å²) in [7, 11) is 1.97. The van der Waals surface area contributed by atoms with E-state index in [1.165, 1.54) is 17.7 Å². The largest absolute Gasteiger partial charge is 0.388 e. The lowest BCUT2D eigenvalue weighted by atomic mass is 10.0. The molecule has 0 amide bonds. The van der Waals surface area contributed by atoms with Gasteiger partial charge in [0.15, 0.2) is 0 Å². The van der Waals surface area contributed by atoms with Gasteiger partial charge in [0, 0.05) is 12.7 Å². The van der Waals surface area contributed by atoms with Crippen LogP contribution in [-0.2, 0) is 0 Å². The summed E-state index contributed by atoms with van der Waals surface area (Å²) in [5, 5.41) is 3.24.